The maximum absolute atomic E-state index is 12.7. The van der Waals surface area contributed by atoms with Crippen molar-refractivity contribution in [1.29, 1.82) is 0 Å². The van der Waals surface area contributed by atoms with Crippen molar-refractivity contribution in [2.45, 2.75) is 6.54 Å². The van der Waals surface area contributed by atoms with Gasteiger partial charge in [0.15, 0.2) is 5.78 Å². The number of fused-ring (bicyclic) bond motifs is 1. The second kappa shape index (κ2) is 9.35. The minimum Gasteiger partial charge on any atom is -0.497 e. The number of carbonyl (C=O) groups is 1. The van der Waals surface area contributed by atoms with Crippen molar-refractivity contribution in [1.82, 2.24) is 9.55 Å². The third-order valence-corrected chi connectivity index (χ3v) is 3.96. The molecular weight excluding hydrogens is 398 g/mol. The molecule has 3 rings (SSSR count). The predicted octanol–water partition coefficient (Wildman–Crippen LogP) is 3.56. The van der Waals surface area contributed by atoms with Gasteiger partial charge in [-0.1, -0.05) is 12.1 Å². The zero-order chi connectivity index (χ0) is 17.6. The minimum atomic E-state index is 0. The van der Waals surface area contributed by atoms with Crippen LogP contribution >= 0.6 is 17.0 Å². The summed E-state index contributed by atoms with van der Waals surface area (Å²) in [6.07, 6.45) is 0. The van der Waals surface area contributed by atoms with E-state index in [0.29, 0.717) is 24.7 Å². The van der Waals surface area contributed by atoms with Crippen molar-refractivity contribution >= 4 is 39.7 Å². The van der Waals surface area contributed by atoms with E-state index in [1.807, 2.05) is 28.8 Å². The number of benzene rings is 2. The third-order valence-electron chi connectivity index (χ3n) is 3.96. The number of nitrogens with zero attached hydrogens (tertiary/aromatic N) is 2. The van der Waals surface area contributed by atoms with Crippen LogP contribution < -0.4 is 10.1 Å². The molecule has 1 heterocycles. The van der Waals surface area contributed by atoms with Crippen LogP contribution in [0.15, 0.2) is 48.5 Å². The quantitative estimate of drug-likeness (QED) is 0.446. The molecule has 0 unspecified atom stereocenters. The monoisotopic (exact) mass is 419 g/mol. The zero-order valence-corrected chi connectivity index (χ0v) is 16.5. The lowest BCUT2D eigenvalue weighted by molar-refractivity contribution is 0.0974. The van der Waals surface area contributed by atoms with E-state index in [1.54, 1.807) is 38.5 Å². The van der Waals surface area contributed by atoms with E-state index in [-0.39, 0.29) is 29.3 Å². The Balaban J connectivity index is 0.00000243. The maximum atomic E-state index is 12.7. The van der Waals surface area contributed by atoms with E-state index in [0.717, 1.165) is 16.8 Å². The molecule has 7 heteroatoms. The Morgan fingerprint density at radius 1 is 1.12 bits per heavy atom. The van der Waals surface area contributed by atoms with Gasteiger partial charge in [-0.25, -0.2) is 4.98 Å². The van der Waals surface area contributed by atoms with Gasteiger partial charge in [-0.05, 0) is 36.4 Å². The first-order valence-electron chi connectivity index (χ1n) is 8.08. The molecule has 26 heavy (non-hydrogen) atoms. The number of para-hydroxylation sites is 2. The molecule has 0 aliphatic rings. The van der Waals surface area contributed by atoms with Crippen molar-refractivity contribution in [2.75, 3.05) is 32.7 Å². The Morgan fingerprint density at radius 3 is 2.54 bits per heavy atom. The molecule has 0 radical (unpaired) electrons. The van der Waals surface area contributed by atoms with Crippen LogP contribution in [0.1, 0.15) is 10.4 Å². The molecule has 0 aliphatic heterocycles. The van der Waals surface area contributed by atoms with Gasteiger partial charge < -0.3 is 19.4 Å². The van der Waals surface area contributed by atoms with Gasteiger partial charge in [0.25, 0.3) is 0 Å². The number of ether oxygens (including phenoxy) is 2. The summed E-state index contributed by atoms with van der Waals surface area (Å²) in [5, 5.41) is 3.23. The highest BCUT2D eigenvalue weighted by atomic mass is 79.9. The highest BCUT2D eigenvalue weighted by Crippen LogP contribution is 2.21. The molecule has 0 amide bonds. The number of aromatic nitrogens is 2. The van der Waals surface area contributed by atoms with Crippen LogP contribution in [0.25, 0.3) is 11.0 Å². The zero-order valence-electron chi connectivity index (χ0n) is 14.8. The van der Waals surface area contributed by atoms with E-state index in [9.17, 15) is 4.79 Å². The minimum absolute atomic E-state index is 0. The van der Waals surface area contributed by atoms with Crippen molar-refractivity contribution in [2.24, 2.45) is 0 Å². The van der Waals surface area contributed by atoms with Crippen LogP contribution in [-0.4, -0.2) is 42.7 Å². The van der Waals surface area contributed by atoms with Crippen LogP contribution in [0, 0.1) is 0 Å². The Bertz CT molecular complexity index is 862. The lowest BCUT2D eigenvalue weighted by Crippen LogP contribution is -2.16. The van der Waals surface area contributed by atoms with Gasteiger partial charge >= 0.3 is 0 Å². The molecule has 0 atom stereocenters. The first-order chi connectivity index (χ1) is 12.2. The summed E-state index contributed by atoms with van der Waals surface area (Å²) in [5.74, 6) is 1.41. The fourth-order valence-electron chi connectivity index (χ4n) is 2.65. The van der Waals surface area contributed by atoms with Gasteiger partial charge in [0.2, 0.25) is 5.95 Å². The van der Waals surface area contributed by atoms with E-state index >= 15 is 0 Å². The SMILES string of the molecule is Br.COCCNc1nc2ccccc2n1CC(=O)c1ccc(OC)cc1. The number of anilines is 1. The number of nitrogens with one attached hydrogen (secondary N) is 1. The molecule has 0 bridgehead atoms. The van der Waals surface area contributed by atoms with Gasteiger partial charge in [0.05, 0.1) is 31.3 Å². The summed E-state index contributed by atoms with van der Waals surface area (Å²) < 4.78 is 12.1. The second-order valence-corrected chi connectivity index (χ2v) is 5.58. The van der Waals surface area contributed by atoms with Crippen molar-refractivity contribution in [3.05, 3.63) is 54.1 Å². The topological polar surface area (TPSA) is 65.4 Å². The van der Waals surface area contributed by atoms with Crippen LogP contribution in [-0.2, 0) is 11.3 Å². The van der Waals surface area contributed by atoms with E-state index < -0.39 is 0 Å². The number of halogens is 1. The summed E-state index contributed by atoms with van der Waals surface area (Å²) in [4.78, 5) is 17.3. The van der Waals surface area contributed by atoms with Crippen molar-refractivity contribution < 1.29 is 14.3 Å². The lowest BCUT2D eigenvalue weighted by atomic mass is 10.1. The van der Waals surface area contributed by atoms with Gasteiger partial charge in [-0.2, -0.15) is 0 Å². The average Bonchev–Trinajstić information content (AvgIpc) is 2.99. The summed E-state index contributed by atoms with van der Waals surface area (Å²) in [6.45, 7) is 1.40. The normalized spacial score (nSPS) is 10.4. The van der Waals surface area contributed by atoms with Crippen LogP contribution in [0.5, 0.6) is 5.75 Å². The molecule has 0 saturated heterocycles. The van der Waals surface area contributed by atoms with E-state index in [1.165, 1.54) is 0 Å². The molecule has 6 nitrogen and oxygen atoms in total. The molecule has 138 valence electrons. The van der Waals surface area contributed by atoms with Gasteiger partial charge in [0.1, 0.15) is 5.75 Å². The van der Waals surface area contributed by atoms with Crippen molar-refractivity contribution in [3.8, 4) is 5.75 Å². The Kier molecular flexibility index (Phi) is 7.17. The van der Waals surface area contributed by atoms with E-state index in [2.05, 4.69) is 10.3 Å². The van der Waals surface area contributed by atoms with Crippen LogP contribution in [0.2, 0.25) is 0 Å². The molecule has 1 N–H and O–H groups in total. The number of methoxy groups -OCH3 is 2. The summed E-state index contributed by atoms with van der Waals surface area (Å²) in [7, 11) is 3.25. The van der Waals surface area contributed by atoms with Gasteiger partial charge in [-0.3, -0.25) is 4.79 Å². The molecule has 0 fully saturated rings. The maximum Gasteiger partial charge on any atom is 0.204 e. The first-order valence-corrected chi connectivity index (χ1v) is 8.08. The standard InChI is InChI=1S/C19H21N3O3.BrH/c1-24-12-11-20-19-21-16-5-3-4-6-17(16)22(19)13-18(23)14-7-9-15(25-2)10-8-14;/h3-10H,11-13H2,1-2H3,(H,20,21);1H. The largest absolute Gasteiger partial charge is 0.497 e. The molecule has 0 spiro atoms. The molecule has 0 saturated carbocycles. The molecule has 1 aromatic heterocycles. The van der Waals surface area contributed by atoms with Crippen molar-refractivity contribution in [3.63, 3.8) is 0 Å². The second-order valence-electron chi connectivity index (χ2n) is 5.58. The average molecular weight is 420 g/mol. The van der Waals surface area contributed by atoms with Crippen LogP contribution in [0.4, 0.5) is 5.95 Å². The number of ketones is 1. The fourth-order valence-corrected chi connectivity index (χ4v) is 2.65. The molecule has 3 aromatic rings. The lowest BCUT2D eigenvalue weighted by Gasteiger charge is -2.10. The Morgan fingerprint density at radius 2 is 1.85 bits per heavy atom. The summed E-state index contributed by atoms with van der Waals surface area (Å²) in [6, 6.07) is 14.9. The number of Topliss-reactive ketones (excluding diaryl/α,β-unsaturated/α-hetero) is 1. The van der Waals surface area contributed by atoms with E-state index in [4.69, 9.17) is 9.47 Å². The molecule has 0 aliphatic carbocycles. The molecule has 2 aromatic carbocycles. The van der Waals surface area contributed by atoms with Gasteiger partial charge in [-0.15, -0.1) is 17.0 Å². The summed E-state index contributed by atoms with van der Waals surface area (Å²) in [5.41, 5.74) is 2.41. The predicted molar refractivity (Wildman–Crippen MR) is 108 cm³/mol. The number of imidazole rings is 1. The van der Waals surface area contributed by atoms with Gasteiger partial charge in [0, 0.05) is 19.2 Å². The number of rotatable bonds is 8. The number of hydrogen-bond donors (Lipinski definition) is 1. The smallest absolute Gasteiger partial charge is 0.204 e. The molecular formula is C19H22BrN3O3. The van der Waals surface area contributed by atoms with Crippen LogP contribution in [0.3, 0.4) is 0 Å². The fraction of sp³-hybridized carbons (Fsp3) is 0.263. The first kappa shape index (κ1) is 19.9. The number of carbonyl (C=O) groups excluding carboxylic acids is 1. The number of hydrogen-bond acceptors (Lipinski definition) is 5. The Labute approximate surface area is 162 Å². The highest BCUT2D eigenvalue weighted by Gasteiger charge is 2.14. The highest BCUT2D eigenvalue weighted by molar-refractivity contribution is 8.93. The Hall–Kier alpha value is -2.38. The summed E-state index contributed by atoms with van der Waals surface area (Å²) >= 11 is 0. The third kappa shape index (κ3) is 4.42.